The third-order valence-electron chi connectivity index (χ3n) is 2.20. The molecule has 0 amide bonds. The molecule has 0 aliphatic heterocycles. The van der Waals surface area contributed by atoms with Crippen LogP contribution < -0.4 is 0 Å². The van der Waals surface area contributed by atoms with Gasteiger partial charge in [-0.2, -0.15) is 0 Å². The molecule has 0 spiro atoms. The van der Waals surface area contributed by atoms with Gasteiger partial charge in [-0.1, -0.05) is 0 Å². The van der Waals surface area contributed by atoms with Gasteiger partial charge in [-0.15, -0.1) is 11.3 Å². The van der Waals surface area contributed by atoms with E-state index in [0.29, 0.717) is 22.6 Å². The summed E-state index contributed by atoms with van der Waals surface area (Å²) in [5, 5.41) is 1.81. The van der Waals surface area contributed by atoms with Gasteiger partial charge in [0, 0.05) is 17.5 Å². The van der Waals surface area contributed by atoms with Crippen molar-refractivity contribution in [2.45, 2.75) is 0 Å². The lowest BCUT2D eigenvalue weighted by atomic mass is 10.3. The number of benzene rings is 1. The van der Waals surface area contributed by atoms with E-state index >= 15 is 0 Å². The average molecular weight is 237 g/mol. The molecule has 0 atom stereocenters. The molecule has 0 bridgehead atoms. The Balaban J connectivity index is 2.23. The lowest BCUT2D eigenvalue weighted by Crippen LogP contribution is -1.82. The van der Waals surface area contributed by atoms with Crippen LogP contribution in [0.15, 0.2) is 23.0 Å². The van der Waals surface area contributed by atoms with Gasteiger partial charge in [-0.05, 0) is 0 Å². The van der Waals surface area contributed by atoms with E-state index < -0.39 is 11.6 Å². The molecule has 0 saturated heterocycles. The smallest absolute Gasteiger partial charge is 0.161 e. The Kier molecular flexibility index (Phi) is 1.97. The number of hydrogen-bond acceptors (Lipinski definition) is 3. The van der Waals surface area contributed by atoms with Crippen molar-refractivity contribution < 1.29 is 8.78 Å². The number of thiazole rings is 1. The van der Waals surface area contributed by atoms with Crippen LogP contribution in [0.2, 0.25) is 0 Å². The molecule has 0 saturated carbocycles. The maximum absolute atomic E-state index is 13.0. The van der Waals surface area contributed by atoms with E-state index in [1.54, 1.807) is 5.51 Å². The van der Waals surface area contributed by atoms with E-state index in [1.807, 2.05) is 5.38 Å². The monoisotopic (exact) mass is 237 g/mol. The molecule has 2 heterocycles. The molecule has 3 nitrogen and oxygen atoms in total. The molecule has 3 aromatic rings. The first kappa shape index (κ1) is 9.41. The van der Waals surface area contributed by atoms with Crippen LogP contribution in [0.4, 0.5) is 8.78 Å². The van der Waals surface area contributed by atoms with Crippen LogP contribution in [-0.4, -0.2) is 15.0 Å². The predicted octanol–water partition coefficient (Wildman–Crippen LogP) is 2.96. The number of H-pyrrole nitrogens is 1. The van der Waals surface area contributed by atoms with E-state index in [0.717, 1.165) is 12.1 Å². The average Bonchev–Trinajstić information content (AvgIpc) is 2.86. The molecular formula is C10H5F2N3S. The van der Waals surface area contributed by atoms with Crippen LogP contribution >= 0.6 is 11.3 Å². The summed E-state index contributed by atoms with van der Waals surface area (Å²) >= 11 is 1.43. The maximum Gasteiger partial charge on any atom is 0.161 e. The first-order valence-corrected chi connectivity index (χ1v) is 5.41. The van der Waals surface area contributed by atoms with Gasteiger partial charge in [-0.3, -0.25) is 0 Å². The second-order valence-corrected chi connectivity index (χ2v) is 3.96. The largest absolute Gasteiger partial charge is 0.337 e. The first-order valence-electron chi connectivity index (χ1n) is 4.47. The number of nitrogens with zero attached hydrogens (tertiary/aromatic N) is 2. The van der Waals surface area contributed by atoms with Crippen LogP contribution in [0.1, 0.15) is 0 Å². The van der Waals surface area contributed by atoms with Gasteiger partial charge in [-0.25, -0.2) is 18.7 Å². The third kappa shape index (κ3) is 1.38. The van der Waals surface area contributed by atoms with Gasteiger partial charge in [0.1, 0.15) is 5.69 Å². The Morgan fingerprint density at radius 2 is 2.00 bits per heavy atom. The Hall–Kier alpha value is -1.82. The van der Waals surface area contributed by atoms with Crippen LogP contribution in [0, 0.1) is 11.6 Å². The van der Waals surface area contributed by atoms with Gasteiger partial charge < -0.3 is 4.98 Å². The van der Waals surface area contributed by atoms with E-state index in [-0.39, 0.29) is 0 Å². The highest BCUT2D eigenvalue weighted by Crippen LogP contribution is 2.22. The molecule has 3 rings (SSSR count). The number of nitrogens with one attached hydrogen (secondary N) is 1. The summed E-state index contributed by atoms with van der Waals surface area (Å²) in [5.41, 5.74) is 3.19. The Bertz CT molecular complexity index is 606. The number of fused-ring (bicyclic) bond motifs is 1. The second kappa shape index (κ2) is 3.34. The quantitative estimate of drug-likeness (QED) is 0.707. The number of aromatic amines is 1. The van der Waals surface area contributed by atoms with Crippen molar-refractivity contribution in [3.8, 4) is 11.5 Å². The summed E-state index contributed by atoms with van der Waals surface area (Å²) in [5.74, 6) is -1.27. The molecule has 0 radical (unpaired) electrons. The van der Waals surface area contributed by atoms with Crippen molar-refractivity contribution in [3.63, 3.8) is 0 Å². The fourth-order valence-electron chi connectivity index (χ4n) is 1.46. The van der Waals surface area contributed by atoms with Crippen molar-refractivity contribution in [1.29, 1.82) is 0 Å². The number of rotatable bonds is 1. The summed E-state index contributed by atoms with van der Waals surface area (Å²) in [4.78, 5) is 11.1. The summed E-state index contributed by atoms with van der Waals surface area (Å²) in [7, 11) is 0. The number of imidazole rings is 1. The van der Waals surface area contributed by atoms with E-state index in [1.165, 1.54) is 11.3 Å². The molecule has 80 valence electrons. The molecule has 2 aromatic heterocycles. The highest BCUT2D eigenvalue weighted by molar-refractivity contribution is 7.07. The molecule has 1 N–H and O–H groups in total. The van der Waals surface area contributed by atoms with Crippen molar-refractivity contribution in [2.24, 2.45) is 0 Å². The van der Waals surface area contributed by atoms with Gasteiger partial charge in [0.15, 0.2) is 17.5 Å². The zero-order chi connectivity index (χ0) is 11.1. The molecule has 1 aromatic carbocycles. The molecule has 16 heavy (non-hydrogen) atoms. The zero-order valence-corrected chi connectivity index (χ0v) is 8.68. The Morgan fingerprint density at radius 1 is 1.19 bits per heavy atom. The predicted molar refractivity (Wildman–Crippen MR) is 57.1 cm³/mol. The first-order chi connectivity index (χ1) is 7.74. The fourth-order valence-corrected chi connectivity index (χ4v) is 1.99. The molecule has 0 aliphatic carbocycles. The number of hydrogen-bond donors (Lipinski definition) is 1. The molecule has 0 aliphatic rings. The highest BCUT2D eigenvalue weighted by Gasteiger charge is 2.10. The minimum absolute atomic E-state index is 0.391. The van der Waals surface area contributed by atoms with E-state index in [9.17, 15) is 8.78 Å². The van der Waals surface area contributed by atoms with Crippen molar-refractivity contribution in [1.82, 2.24) is 15.0 Å². The minimum atomic E-state index is -0.899. The highest BCUT2D eigenvalue weighted by atomic mass is 32.1. The van der Waals surface area contributed by atoms with Crippen LogP contribution in [0.5, 0.6) is 0 Å². The van der Waals surface area contributed by atoms with Crippen molar-refractivity contribution in [2.75, 3.05) is 0 Å². The van der Waals surface area contributed by atoms with Gasteiger partial charge in [0.05, 0.1) is 16.5 Å². The van der Waals surface area contributed by atoms with Crippen LogP contribution in [-0.2, 0) is 0 Å². The Labute approximate surface area is 92.8 Å². The summed E-state index contributed by atoms with van der Waals surface area (Å²) in [6, 6.07) is 2.16. The van der Waals surface area contributed by atoms with E-state index in [2.05, 4.69) is 15.0 Å². The summed E-state index contributed by atoms with van der Waals surface area (Å²) in [6.45, 7) is 0. The second-order valence-electron chi connectivity index (χ2n) is 3.24. The maximum atomic E-state index is 13.0. The standard InChI is InChI=1S/C10H5F2N3S/c11-5-1-7-8(2-6(5)12)15-10(14-7)9-3-16-4-13-9/h1-4H,(H,14,15). The molecule has 0 fully saturated rings. The number of halogens is 2. The lowest BCUT2D eigenvalue weighted by Gasteiger charge is -1.90. The van der Waals surface area contributed by atoms with Crippen LogP contribution in [0.25, 0.3) is 22.6 Å². The van der Waals surface area contributed by atoms with Gasteiger partial charge in [0.2, 0.25) is 0 Å². The molecule has 0 unspecified atom stereocenters. The van der Waals surface area contributed by atoms with Crippen LogP contribution in [0.3, 0.4) is 0 Å². The Morgan fingerprint density at radius 3 is 2.75 bits per heavy atom. The lowest BCUT2D eigenvalue weighted by molar-refractivity contribution is 0.510. The van der Waals surface area contributed by atoms with E-state index in [4.69, 9.17) is 0 Å². The number of aromatic nitrogens is 3. The summed E-state index contributed by atoms with van der Waals surface area (Å²) < 4.78 is 25.9. The normalized spacial score (nSPS) is 11.1. The molecule has 6 heteroatoms. The van der Waals surface area contributed by atoms with Gasteiger partial charge in [0.25, 0.3) is 0 Å². The minimum Gasteiger partial charge on any atom is -0.337 e. The summed E-state index contributed by atoms with van der Waals surface area (Å²) in [6.07, 6.45) is 0. The molecular weight excluding hydrogens is 232 g/mol. The van der Waals surface area contributed by atoms with Crippen molar-refractivity contribution in [3.05, 3.63) is 34.7 Å². The topological polar surface area (TPSA) is 41.6 Å². The SMILES string of the molecule is Fc1cc2nc(-c3cscn3)[nH]c2cc1F. The van der Waals surface area contributed by atoms with Crippen molar-refractivity contribution >= 4 is 22.4 Å². The third-order valence-corrected chi connectivity index (χ3v) is 2.79. The zero-order valence-electron chi connectivity index (χ0n) is 7.87. The van der Waals surface area contributed by atoms with Gasteiger partial charge >= 0.3 is 0 Å². The fraction of sp³-hybridized carbons (Fsp3) is 0.